The summed E-state index contributed by atoms with van der Waals surface area (Å²) in [5, 5.41) is 0. The molecule has 0 aliphatic heterocycles. The van der Waals surface area contributed by atoms with E-state index in [-0.39, 0.29) is 0 Å². The van der Waals surface area contributed by atoms with Gasteiger partial charge in [-0.25, -0.2) is 4.67 Å². The van der Waals surface area contributed by atoms with Crippen LogP contribution in [0.5, 0.6) is 0 Å². The highest BCUT2D eigenvalue weighted by Gasteiger charge is 2.26. The molecule has 3 nitrogen and oxygen atoms in total. The molecule has 0 fully saturated rings. The first kappa shape index (κ1) is 54.3. The highest BCUT2D eigenvalue weighted by atomic mass is 31.2. The van der Waals surface area contributed by atoms with Gasteiger partial charge in [-0.1, -0.05) is 258 Å². The molecule has 0 radical (unpaired) electrons. The average molecular weight is 782 g/mol. The summed E-state index contributed by atoms with van der Waals surface area (Å²) >= 11 is 0. The molecule has 4 heteroatoms. The fraction of sp³-hybridized carbons (Fsp3) is 1.00. The molecule has 0 spiro atoms. The van der Waals surface area contributed by atoms with Gasteiger partial charge in [0.05, 0.1) is 13.2 Å². The Balaban J connectivity index is 3.69. The zero-order valence-corrected chi connectivity index (χ0v) is 39.5. The first-order chi connectivity index (χ1) is 26.5. The molecule has 0 heterocycles. The standard InChI is InChI=1S/C50H104NO2P/c1-7-9-11-13-15-17-19-21-23-25-27-29-31-33-35-37-39-41-43-45-47-52-54(51(49(3)4)50(5)6)53-48-46-44-42-40-38-36-34-32-30-28-26-24-22-20-18-16-14-12-10-8-2/h49-50H,7-48H2,1-6H3. The summed E-state index contributed by atoms with van der Waals surface area (Å²) in [4.78, 5) is 0. The highest BCUT2D eigenvalue weighted by molar-refractivity contribution is 7.44. The number of hydrogen-bond donors (Lipinski definition) is 0. The van der Waals surface area contributed by atoms with Crippen LogP contribution in [0, 0.1) is 0 Å². The molecule has 0 aromatic heterocycles. The molecule has 54 heavy (non-hydrogen) atoms. The molecule has 0 bridgehead atoms. The lowest BCUT2D eigenvalue weighted by molar-refractivity contribution is 0.170. The molecule has 326 valence electrons. The Morgan fingerprint density at radius 3 is 0.611 bits per heavy atom. The van der Waals surface area contributed by atoms with E-state index in [1.807, 2.05) is 0 Å². The molecule has 0 saturated heterocycles. The third-order valence-corrected chi connectivity index (χ3v) is 13.8. The van der Waals surface area contributed by atoms with Gasteiger partial charge in [0.25, 0.3) is 8.53 Å². The predicted octanol–water partition coefficient (Wildman–Crippen LogP) is 19.0. The molecule has 0 N–H and O–H groups in total. The Morgan fingerprint density at radius 2 is 0.444 bits per heavy atom. The van der Waals surface area contributed by atoms with Crippen LogP contribution in [0.4, 0.5) is 0 Å². The third kappa shape index (κ3) is 40.5. The summed E-state index contributed by atoms with van der Waals surface area (Å²) in [5.74, 6) is 0. The van der Waals surface area contributed by atoms with Gasteiger partial charge in [0.15, 0.2) is 0 Å². The fourth-order valence-corrected chi connectivity index (χ4v) is 9.81. The molecule has 0 unspecified atom stereocenters. The van der Waals surface area contributed by atoms with Crippen LogP contribution in [0.25, 0.3) is 0 Å². The van der Waals surface area contributed by atoms with Crippen molar-refractivity contribution in [2.45, 2.75) is 310 Å². The Kier molecular flexibility index (Phi) is 46.3. The zero-order valence-electron chi connectivity index (χ0n) is 38.6. The van der Waals surface area contributed by atoms with E-state index in [0.717, 1.165) is 13.2 Å². The third-order valence-electron chi connectivity index (χ3n) is 11.6. The van der Waals surface area contributed by atoms with Gasteiger partial charge in [-0.15, -0.1) is 0 Å². The Labute approximate surface area is 344 Å². The number of nitrogens with zero attached hydrogens (tertiary/aromatic N) is 1. The van der Waals surface area contributed by atoms with Gasteiger partial charge in [-0.3, -0.25) is 0 Å². The molecule has 0 saturated carbocycles. The minimum Gasteiger partial charge on any atom is -0.322 e. The molecule has 0 atom stereocenters. The monoisotopic (exact) mass is 782 g/mol. The van der Waals surface area contributed by atoms with Gasteiger partial charge < -0.3 is 9.05 Å². The smallest absolute Gasteiger partial charge is 0.259 e. The maximum Gasteiger partial charge on any atom is 0.259 e. The second-order valence-electron chi connectivity index (χ2n) is 17.9. The van der Waals surface area contributed by atoms with Crippen molar-refractivity contribution in [2.75, 3.05) is 13.2 Å². The maximum atomic E-state index is 6.48. The topological polar surface area (TPSA) is 21.7 Å². The summed E-state index contributed by atoms with van der Waals surface area (Å²) < 4.78 is 15.4. The van der Waals surface area contributed by atoms with Crippen molar-refractivity contribution in [3.05, 3.63) is 0 Å². The fourth-order valence-electron chi connectivity index (χ4n) is 8.14. The van der Waals surface area contributed by atoms with E-state index in [0.29, 0.717) is 12.1 Å². The van der Waals surface area contributed by atoms with Crippen LogP contribution in [0.2, 0.25) is 0 Å². The van der Waals surface area contributed by atoms with Crippen molar-refractivity contribution in [3.8, 4) is 0 Å². The summed E-state index contributed by atoms with van der Waals surface area (Å²) in [5.41, 5.74) is 0. The molecular weight excluding hydrogens is 678 g/mol. The maximum absolute atomic E-state index is 6.48. The van der Waals surface area contributed by atoms with Gasteiger partial charge in [0.2, 0.25) is 0 Å². The first-order valence-corrected chi connectivity index (χ1v) is 26.5. The van der Waals surface area contributed by atoms with Crippen LogP contribution in [0.15, 0.2) is 0 Å². The van der Waals surface area contributed by atoms with E-state index in [1.165, 1.54) is 257 Å². The van der Waals surface area contributed by atoms with Gasteiger partial charge >= 0.3 is 0 Å². The van der Waals surface area contributed by atoms with E-state index in [1.54, 1.807) is 0 Å². The molecule has 0 amide bonds. The molecule has 0 aliphatic rings. The number of rotatable bonds is 47. The highest BCUT2D eigenvalue weighted by Crippen LogP contribution is 2.46. The van der Waals surface area contributed by atoms with Crippen LogP contribution >= 0.6 is 8.53 Å². The lowest BCUT2D eigenvalue weighted by Gasteiger charge is -2.35. The van der Waals surface area contributed by atoms with Crippen molar-refractivity contribution in [3.63, 3.8) is 0 Å². The van der Waals surface area contributed by atoms with Gasteiger partial charge in [-0.2, -0.15) is 0 Å². The zero-order chi connectivity index (χ0) is 39.4. The summed E-state index contributed by atoms with van der Waals surface area (Å²) in [6.07, 6.45) is 56.9. The Hall–Kier alpha value is 0.310. The first-order valence-electron chi connectivity index (χ1n) is 25.4. The molecular formula is C50H104NO2P. The number of unbranched alkanes of at least 4 members (excludes halogenated alkanes) is 38. The minimum absolute atomic E-state index is 0.445. The van der Waals surface area contributed by atoms with Crippen LogP contribution in [0.3, 0.4) is 0 Å². The van der Waals surface area contributed by atoms with E-state index >= 15 is 0 Å². The van der Waals surface area contributed by atoms with E-state index in [9.17, 15) is 0 Å². The number of hydrogen-bond acceptors (Lipinski definition) is 3. The van der Waals surface area contributed by atoms with Crippen LogP contribution in [0.1, 0.15) is 298 Å². The molecule has 0 aromatic rings. The van der Waals surface area contributed by atoms with Crippen molar-refractivity contribution < 1.29 is 9.05 Å². The minimum atomic E-state index is -0.963. The van der Waals surface area contributed by atoms with Crippen molar-refractivity contribution in [1.29, 1.82) is 0 Å². The van der Waals surface area contributed by atoms with E-state index < -0.39 is 8.53 Å². The molecule has 0 rings (SSSR count). The van der Waals surface area contributed by atoms with Gasteiger partial charge in [0.1, 0.15) is 0 Å². The van der Waals surface area contributed by atoms with E-state index in [4.69, 9.17) is 9.05 Å². The summed E-state index contributed by atoms with van der Waals surface area (Å²) in [7, 11) is -0.963. The molecule has 0 aliphatic carbocycles. The second-order valence-corrected chi connectivity index (χ2v) is 19.4. The Morgan fingerprint density at radius 1 is 0.278 bits per heavy atom. The van der Waals surface area contributed by atoms with Crippen LogP contribution < -0.4 is 0 Å². The summed E-state index contributed by atoms with van der Waals surface area (Å²) in [6, 6.07) is 0.891. The largest absolute Gasteiger partial charge is 0.322 e. The lowest BCUT2D eigenvalue weighted by Crippen LogP contribution is -2.33. The average Bonchev–Trinajstić information content (AvgIpc) is 3.15. The lowest BCUT2D eigenvalue weighted by atomic mass is 10.0. The second kappa shape index (κ2) is 46.0. The van der Waals surface area contributed by atoms with E-state index in [2.05, 4.69) is 46.2 Å². The van der Waals surface area contributed by atoms with Crippen molar-refractivity contribution in [2.24, 2.45) is 0 Å². The van der Waals surface area contributed by atoms with Crippen LogP contribution in [-0.2, 0) is 9.05 Å². The van der Waals surface area contributed by atoms with Crippen LogP contribution in [-0.4, -0.2) is 30.0 Å². The van der Waals surface area contributed by atoms with Crippen molar-refractivity contribution >= 4 is 8.53 Å². The molecule has 0 aromatic carbocycles. The normalized spacial score (nSPS) is 12.1. The Bertz CT molecular complexity index is 619. The quantitative estimate of drug-likeness (QED) is 0.0453. The summed E-state index contributed by atoms with van der Waals surface area (Å²) in [6.45, 7) is 15.5. The van der Waals surface area contributed by atoms with Crippen molar-refractivity contribution in [1.82, 2.24) is 4.67 Å². The van der Waals surface area contributed by atoms with Gasteiger partial charge in [0, 0.05) is 12.1 Å². The predicted molar refractivity (Wildman–Crippen MR) is 247 cm³/mol. The van der Waals surface area contributed by atoms with Gasteiger partial charge in [-0.05, 0) is 40.5 Å². The SMILES string of the molecule is CCCCCCCCCCCCCCCCCCCCCCOP(OCCCCCCCCCCCCCCCCCCCCCC)N(C(C)C)C(C)C.